The molecule has 3 nitrogen and oxygen atoms in total. The Balaban J connectivity index is 2.02. The van der Waals surface area contributed by atoms with Gasteiger partial charge in [0.15, 0.2) is 0 Å². The van der Waals surface area contributed by atoms with Crippen molar-refractivity contribution in [1.82, 2.24) is 0 Å². The molecule has 1 fully saturated rings. The van der Waals surface area contributed by atoms with Gasteiger partial charge in [0.25, 0.3) is 0 Å². The van der Waals surface area contributed by atoms with Crippen molar-refractivity contribution in [2.45, 2.75) is 24.2 Å². The lowest BCUT2D eigenvalue weighted by Gasteiger charge is -2.22. The van der Waals surface area contributed by atoms with Crippen LogP contribution >= 0.6 is 11.8 Å². The molecule has 1 aromatic rings. The number of rotatable bonds is 1. The van der Waals surface area contributed by atoms with Gasteiger partial charge in [0.2, 0.25) is 5.91 Å². The molecule has 0 radical (unpaired) electrons. The highest BCUT2D eigenvalue weighted by atomic mass is 32.2. The third-order valence-corrected chi connectivity index (χ3v) is 4.83. The Kier molecular flexibility index (Phi) is 3.39. The average molecular weight is 280 g/mol. The summed E-state index contributed by atoms with van der Waals surface area (Å²) in [5.74, 6) is 0.601. The molecule has 0 aliphatic carbocycles. The Morgan fingerprint density at radius 3 is 2.68 bits per heavy atom. The van der Waals surface area contributed by atoms with Gasteiger partial charge in [-0.25, -0.2) is 4.39 Å². The summed E-state index contributed by atoms with van der Waals surface area (Å²) in [7, 11) is 1.72. The molecule has 2 heterocycles. The maximum Gasteiger partial charge on any atom is 0.227 e. The number of anilines is 2. The molecule has 1 saturated heterocycles. The summed E-state index contributed by atoms with van der Waals surface area (Å²) < 4.78 is 14.3. The Morgan fingerprint density at radius 2 is 1.95 bits per heavy atom. The van der Waals surface area contributed by atoms with Crippen LogP contribution < -0.4 is 9.80 Å². The van der Waals surface area contributed by atoms with Gasteiger partial charge in [0.1, 0.15) is 5.82 Å². The van der Waals surface area contributed by atoms with Gasteiger partial charge in [0.05, 0.1) is 11.4 Å². The van der Waals surface area contributed by atoms with E-state index in [-0.39, 0.29) is 11.7 Å². The fraction of sp³-hybridized carbons (Fsp3) is 0.500. The second kappa shape index (κ2) is 5.04. The Hall–Kier alpha value is -1.23. The normalized spacial score (nSPS) is 19.6. The van der Waals surface area contributed by atoms with E-state index in [1.165, 1.54) is 6.07 Å². The molecule has 2 aliphatic heterocycles. The van der Waals surface area contributed by atoms with Crippen molar-refractivity contribution < 1.29 is 9.18 Å². The fourth-order valence-electron chi connectivity index (χ4n) is 2.66. The predicted octanol–water partition coefficient (Wildman–Crippen LogP) is 2.88. The molecule has 3 rings (SSSR count). The molecule has 0 saturated carbocycles. The smallest absolute Gasteiger partial charge is 0.227 e. The maximum absolute atomic E-state index is 14.3. The summed E-state index contributed by atoms with van der Waals surface area (Å²) in [5, 5.41) is 0. The molecule has 0 spiro atoms. The van der Waals surface area contributed by atoms with Crippen LogP contribution in [0.4, 0.5) is 15.8 Å². The standard InChI is InChI=1S/C14H17FN2OS/c1-16-12-8-10(15)11(17-5-2-3-6-17)9-13(12)19-7-4-14(16)18/h8-9H,2-7H2,1H3. The van der Waals surface area contributed by atoms with Crippen LogP contribution in [-0.2, 0) is 4.79 Å². The topological polar surface area (TPSA) is 23.6 Å². The van der Waals surface area contributed by atoms with E-state index in [4.69, 9.17) is 0 Å². The van der Waals surface area contributed by atoms with Crippen molar-refractivity contribution in [3.8, 4) is 0 Å². The van der Waals surface area contributed by atoms with E-state index in [2.05, 4.69) is 4.90 Å². The highest BCUT2D eigenvalue weighted by molar-refractivity contribution is 7.99. The van der Waals surface area contributed by atoms with Crippen molar-refractivity contribution in [2.75, 3.05) is 35.7 Å². The summed E-state index contributed by atoms with van der Waals surface area (Å²) in [6, 6.07) is 3.43. The zero-order valence-electron chi connectivity index (χ0n) is 11.0. The first kappa shape index (κ1) is 12.8. The predicted molar refractivity (Wildman–Crippen MR) is 76.6 cm³/mol. The van der Waals surface area contributed by atoms with Crippen LogP contribution in [0.2, 0.25) is 0 Å². The lowest BCUT2D eigenvalue weighted by atomic mass is 10.2. The van der Waals surface area contributed by atoms with Gasteiger partial charge in [0, 0.05) is 43.3 Å². The maximum atomic E-state index is 14.3. The molecular weight excluding hydrogens is 263 g/mol. The number of carbonyl (C=O) groups excluding carboxylic acids is 1. The average Bonchev–Trinajstić information content (AvgIpc) is 2.88. The minimum atomic E-state index is -0.220. The first-order valence-electron chi connectivity index (χ1n) is 6.64. The van der Waals surface area contributed by atoms with Crippen molar-refractivity contribution in [3.05, 3.63) is 17.9 Å². The van der Waals surface area contributed by atoms with Gasteiger partial charge < -0.3 is 9.80 Å². The third-order valence-electron chi connectivity index (χ3n) is 3.78. The van der Waals surface area contributed by atoms with Crippen molar-refractivity contribution >= 4 is 29.0 Å². The van der Waals surface area contributed by atoms with Crippen LogP contribution in [-0.4, -0.2) is 31.8 Å². The molecular formula is C14H17FN2OS. The molecule has 0 N–H and O–H groups in total. The van der Waals surface area contributed by atoms with Gasteiger partial charge in [-0.1, -0.05) is 0 Å². The number of halogens is 1. The Morgan fingerprint density at radius 1 is 1.21 bits per heavy atom. The molecule has 5 heteroatoms. The number of fused-ring (bicyclic) bond motifs is 1. The van der Waals surface area contributed by atoms with E-state index >= 15 is 0 Å². The van der Waals surface area contributed by atoms with Gasteiger partial charge in [-0.2, -0.15) is 0 Å². The first-order chi connectivity index (χ1) is 9.16. The molecule has 1 amide bonds. The number of hydrogen-bond donors (Lipinski definition) is 0. The van der Waals surface area contributed by atoms with Gasteiger partial charge in [-0.3, -0.25) is 4.79 Å². The highest BCUT2D eigenvalue weighted by Gasteiger charge is 2.24. The van der Waals surface area contributed by atoms with Crippen molar-refractivity contribution in [1.29, 1.82) is 0 Å². The van der Waals surface area contributed by atoms with E-state index < -0.39 is 0 Å². The minimum absolute atomic E-state index is 0.0552. The quantitative estimate of drug-likeness (QED) is 0.790. The molecule has 0 aromatic heterocycles. The zero-order chi connectivity index (χ0) is 13.4. The molecule has 0 atom stereocenters. The molecule has 102 valence electrons. The van der Waals surface area contributed by atoms with Crippen molar-refractivity contribution in [3.63, 3.8) is 0 Å². The SMILES string of the molecule is CN1C(=O)CCSc2cc(N3CCCC3)c(F)cc21. The van der Waals surface area contributed by atoms with Crippen LogP contribution in [0.1, 0.15) is 19.3 Å². The van der Waals surface area contributed by atoms with Crippen LogP contribution in [0.15, 0.2) is 17.0 Å². The van der Waals surface area contributed by atoms with Crippen LogP contribution in [0.3, 0.4) is 0 Å². The molecule has 0 bridgehead atoms. The second-order valence-electron chi connectivity index (χ2n) is 5.02. The van der Waals surface area contributed by atoms with E-state index in [0.29, 0.717) is 17.8 Å². The largest absolute Gasteiger partial charge is 0.369 e. The number of carbonyl (C=O) groups is 1. The monoisotopic (exact) mass is 280 g/mol. The van der Waals surface area contributed by atoms with Crippen LogP contribution in [0.5, 0.6) is 0 Å². The first-order valence-corrected chi connectivity index (χ1v) is 7.63. The highest BCUT2D eigenvalue weighted by Crippen LogP contribution is 2.38. The lowest BCUT2D eigenvalue weighted by Crippen LogP contribution is -2.26. The zero-order valence-corrected chi connectivity index (χ0v) is 11.8. The summed E-state index contributed by atoms with van der Waals surface area (Å²) in [6.07, 6.45) is 2.76. The fourth-order valence-corrected chi connectivity index (χ4v) is 3.70. The summed E-state index contributed by atoms with van der Waals surface area (Å²) in [4.78, 5) is 16.5. The molecule has 1 aromatic carbocycles. The third kappa shape index (κ3) is 2.31. The molecule has 2 aliphatic rings. The Labute approximate surface area is 116 Å². The number of thioether (sulfide) groups is 1. The van der Waals surface area contributed by atoms with E-state index in [0.717, 1.165) is 36.6 Å². The minimum Gasteiger partial charge on any atom is -0.369 e. The number of benzene rings is 1. The van der Waals surface area contributed by atoms with E-state index in [9.17, 15) is 9.18 Å². The number of amides is 1. The van der Waals surface area contributed by atoms with Crippen LogP contribution in [0.25, 0.3) is 0 Å². The molecule has 0 unspecified atom stereocenters. The lowest BCUT2D eigenvalue weighted by molar-refractivity contribution is -0.117. The summed E-state index contributed by atoms with van der Waals surface area (Å²) >= 11 is 1.64. The Bertz CT molecular complexity index is 514. The van der Waals surface area contributed by atoms with Crippen molar-refractivity contribution in [2.24, 2.45) is 0 Å². The van der Waals surface area contributed by atoms with E-state index in [1.807, 2.05) is 6.07 Å². The number of nitrogens with zero attached hydrogens (tertiary/aromatic N) is 2. The van der Waals surface area contributed by atoms with E-state index in [1.54, 1.807) is 23.7 Å². The van der Waals surface area contributed by atoms with Gasteiger partial charge in [-0.15, -0.1) is 11.8 Å². The second-order valence-corrected chi connectivity index (χ2v) is 6.15. The summed E-state index contributed by atoms with van der Waals surface area (Å²) in [5.41, 5.74) is 1.39. The van der Waals surface area contributed by atoms with Crippen LogP contribution in [0, 0.1) is 5.82 Å². The number of hydrogen-bond acceptors (Lipinski definition) is 3. The molecule has 19 heavy (non-hydrogen) atoms. The van der Waals surface area contributed by atoms with Gasteiger partial charge >= 0.3 is 0 Å². The van der Waals surface area contributed by atoms with Gasteiger partial charge in [-0.05, 0) is 18.9 Å². The summed E-state index contributed by atoms with van der Waals surface area (Å²) in [6.45, 7) is 1.85.